The van der Waals surface area contributed by atoms with Gasteiger partial charge in [0.15, 0.2) is 0 Å². The normalized spacial score (nSPS) is 8.80. The maximum Gasteiger partial charge on any atom is 0.404 e. The number of carbonyl (C=O) groups excluding carboxylic acids is 2. The first-order valence-electron chi connectivity index (χ1n) is 3.13. The van der Waals surface area contributed by atoms with Crippen LogP contribution in [0.4, 0.5) is 4.79 Å². The lowest BCUT2D eigenvalue weighted by atomic mass is 10.3. The zero-order valence-electron chi connectivity index (χ0n) is 5.71. The molecule has 0 spiro atoms. The number of carbonyl (C=O) groups is 2. The first-order valence-corrected chi connectivity index (χ1v) is 3.13. The Labute approximate surface area is 59.3 Å². The molecule has 0 rings (SSSR count). The molecule has 1 amide bonds. The van der Waals surface area contributed by atoms with Crippen LogP contribution in [0.25, 0.3) is 0 Å². The Bertz CT molecular complexity index is 114. The number of rotatable bonds is 5. The van der Waals surface area contributed by atoms with Crippen molar-refractivity contribution in [3.05, 3.63) is 0 Å². The van der Waals surface area contributed by atoms with E-state index in [9.17, 15) is 9.59 Å². The second-order valence-corrected chi connectivity index (χ2v) is 1.83. The quantitative estimate of drug-likeness (QED) is 0.451. The Morgan fingerprint density at radius 2 is 2.20 bits per heavy atom. The van der Waals surface area contributed by atoms with Gasteiger partial charge in [-0.05, 0) is 12.8 Å². The van der Waals surface area contributed by atoms with Crippen molar-refractivity contribution < 1.29 is 14.3 Å². The molecule has 0 atom stereocenters. The van der Waals surface area contributed by atoms with Gasteiger partial charge >= 0.3 is 6.09 Å². The second-order valence-electron chi connectivity index (χ2n) is 1.83. The summed E-state index contributed by atoms with van der Waals surface area (Å²) in [5, 5.41) is 0. The molecule has 58 valence electrons. The lowest BCUT2D eigenvalue weighted by Gasteiger charge is -1.97. The van der Waals surface area contributed by atoms with E-state index in [-0.39, 0.29) is 0 Å². The molecule has 0 bridgehead atoms. The van der Waals surface area contributed by atoms with Gasteiger partial charge in [0.1, 0.15) is 6.29 Å². The molecule has 0 saturated heterocycles. The molecule has 4 heteroatoms. The van der Waals surface area contributed by atoms with Crippen molar-refractivity contribution in [3.63, 3.8) is 0 Å². The maximum absolute atomic E-state index is 9.96. The van der Waals surface area contributed by atoms with Crippen LogP contribution in [0.5, 0.6) is 0 Å². The van der Waals surface area contributed by atoms with E-state index >= 15 is 0 Å². The average molecular weight is 145 g/mol. The smallest absolute Gasteiger partial charge is 0.404 e. The van der Waals surface area contributed by atoms with Crippen LogP contribution in [0, 0.1) is 0 Å². The highest BCUT2D eigenvalue weighted by molar-refractivity contribution is 5.64. The summed E-state index contributed by atoms with van der Waals surface area (Å²) < 4.78 is 4.41. The Kier molecular flexibility index (Phi) is 5.42. The topological polar surface area (TPSA) is 69.4 Å². The fraction of sp³-hybridized carbons (Fsp3) is 0.667. The third-order valence-electron chi connectivity index (χ3n) is 0.961. The number of nitrogens with two attached hydrogens (primary N) is 1. The predicted octanol–water partition coefficient (Wildman–Crippen LogP) is 0.451. The average Bonchev–Trinajstić information content (AvgIpc) is 1.87. The van der Waals surface area contributed by atoms with E-state index in [1.54, 1.807) is 0 Å². The Morgan fingerprint density at radius 1 is 1.50 bits per heavy atom. The third-order valence-corrected chi connectivity index (χ3v) is 0.961. The van der Waals surface area contributed by atoms with Gasteiger partial charge in [0.2, 0.25) is 0 Å². The van der Waals surface area contributed by atoms with E-state index in [4.69, 9.17) is 0 Å². The summed E-state index contributed by atoms with van der Waals surface area (Å²) in [4.78, 5) is 19.7. The van der Waals surface area contributed by atoms with Gasteiger partial charge in [0.05, 0.1) is 6.61 Å². The van der Waals surface area contributed by atoms with Gasteiger partial charge in [0.25, 0.3) is 0 Å². The van der Waals surface area contributed by atoms with Crippen molar-refractivity contribution >= 4 is 12.4 Å². The highest BCUT2D eigenvalue weighted by atomic mass is 16.5. The summed E-state index contributed by atoms with van der Waals surface area (Å²) in [6, 6.07) is 0. The van der Waals surface area contributed by atoms with Gasteiger partial charge in [0, 0.05) is 6.42 Å². The van der Waals surface area contributed by atoms with Crippen molar-refractivity contribution in [2.75, 3.05) is 6.61 Å². The molecule has 4 nitrogen and oxygen atoms in total. The molecule has 10 heavy (non-hydrogen) atoms. The first-order chi connectivity index (χ1) is 4.77. The van der Waals surface area contributed by atoms with Crippen LogP contribution in [0.3, 0.4) is 0 Å². The summed E-state index contributed by atoms with van der Waals surface area (Å²) in [6.07, 6.45) is 2.04. The molecular formula is C6H11NO3. The van der Waals surface area contributed by atoms with E-state index in [2.05, 4.69) is 10.5 Å². The van der Waals surface area contributed by atoms with E-state index in [0.717, 1.165) is 12.7 Å². The summed E-state index contributed by atoms with van der Waals surface area (Å²) in [5.74, 6) is 0. The van der Waals surface area contributed by atoms with Gasteiger partial charge in [-0.2, -0.15) is 0 Å². The van der Waals surface area contributed by atoms with Gasteiger partial charge in [-0.1, -0.05) is 0 Å². The summed E-state index contributed by atoms with van der Waals surface area (Å²) in [7, 11) is 0. The van der Waals surface area contributed by atoms with E-state index in [1.165, 1.54) is 0 Å². The van der Waals surface area contributed by atoms with Gasteiger partial charge in [-0.15, -0.1) is 0 Å². The molecule has 0 fully saturated rings. The highest BCUT2D eigenvalue weighted by Crippen LogP contribution is 1.92. The number of amides is 1. The Balaban J connectivity index is 2.90. The Hall–Kier alpha value is -1.06. The second kappa shape index (κ2) is 6.07. The maximum atomic E-state index is 9.96. The van der Waals surface area contributed by atoms with Crippen LogP contribution >= 0.6 is 0 Å². The van der Waals surface area contributed by atoms with Gasteiger partial charge in [-0.3, -0.25) is 0 Å². The standard InChI is InChI=1S/C6H11NO3/c7-6(9)10-5-3-1-2-4-8/h4H,1-3,5H2,(H2,7,9). The molecule has 0 aliphatic carbocycles. The van der Waals surface area contributed by atoms with Gasteiger partial charge in [-0.25, -0.2) is 4.79 Å². The zero-order chi connectivity index (χ0) is 7.82. The molecule has 0 aromatic heterocycles. The van der Waals surface area contributed by atoms with E-state index in [0.29, 0.717) is 19.4 Å². The highest BCUT2D eigenvalue weighted by Gasteiger charge is 1.91. The number of hydrogen-bond acceptors (Lipinski definition) is 3. The van der Waals surface area contributed by atoms with Crippen molar-refractivity contribution in [1.29, 1.82) is 0 Å². The number of ether oxygens (including phenoxy) is 1. The number of primary amides is 1. The Morgan fingerprint density at radius 3 is 2.70 bits per heavy atom. The summed E-state index contributed by atoms with van der Waals surface area (Å²) in [5.41, 5.74) is 4.68. The minimum atomic E-state index is -0.758. The molecule has 0 aromatic carbocycles. The minimum Gasteiger partial charge on any atom is -0.450 e. The molecule has 0 radical (unpaired) electrons. The van der Waals surface area contributed by atoms with Crippen molar-refractivity contribution in [3.8, 4) is 0 Å². The number of unbranched alkanes of at least 4 members (excludes halogenated alkanes) is 2. The molecular weight excluding hydrogens is 134 g/mol. The lowest BCUT2D eigenvalue weighted by molar-refractivity contribution is -0.107. The van der Waals surface area contributed by atoms with Crippen molar-refractivity contribution in [1.82, 2.24) is 0 Å². The fourth-order valence-electron chi connectivity index (χ4n) is 0.502. The van der Waals surface area contributed by atoms with Crippen molar-refractivity contribution in [2.45, 2.75) is 19.3 Å². The molecule has 0 unspecified atom stereocenters. The molecule has 0 aliphatic heterocycles. The molecule has 0 heterocycles. The minimum absolute atomic E-state index is 0.309. The third kappa shape index (κ3) is 6.94. The van der Waals surface area contributed by atoms with Crippen LogP contribution in [-0.2, 0) is 9.53 Å². The molecule has 0 saturated carbocycles. The zero-order valence-corrected chi connectivity index (χ0v) is 5.71. The fourth-order valence-corrected chi connectivity index (χ4v) is 0.502. The first kappa shape index (κ1) is 8.94. The van der Waals surface area contributed by atoms with Crippen LogP contribution in [-0.4, -0.2) is 19.0 Å². The monoisotopic (exact) mass is 145 g/mol. The predicted molar refractivity (Wildman–Crippen MR) is 35.5 cm³/mol. The van der Waals surface area contributed by atoms with Crippen molar-refractivity contribution in [2.24, 2.45) is 5.73 Å². The molecule has 0 aromatic rings. The largest absolute Gasteiger partial charge is 0.450 e. The number of aldehydes is 1. The van der Waals surface area contributed by atoms with E-state index < -0.39 is 6.09 Å². The molecule has 0 aliphatic rings. The summed E-state index contributed by atoms with van der Waals surface area (Å²) >= 11 is 0. The number of hydrogen-bond donors (Lipinski definition) is 1. The summed E-state index contributed by atoms with van der Waals surface area (Å²) in [6.45, 7) is 0.309. The van der Waals surface area contributed by atoms with Crippen LogP contribution in [0.15, 0.2) is 0 Å². The lowest BCUT2D eigenvalue weighted by Crippen LogP contribution is -2.13. The molecule has 2 N–H and O–H groups in total. The van der Waals surface area contributed by atoms with E-state index in [1.807, 2.05) is 0 Å². The van der Waals surface area contributed by atoms with Crippen LogP contribution in [0.1, 0.15) is 19.3 Å². The SMILES string of the molecule is NC(=O)OCCCCC=O. The van der Waals surface area contributed by atoms with Gasteiger partial charge < -0.3 is 15.3 Å². The van der Waals surface area contributed by atoms with Crippen LogP contribution in [0.2, 0.25) is 0 Å². The van der Waals surface area contributed by atoms with Crippen LogP contribution < -0.4 is 5.73 Å².